The number of halogens is 3. The molecule has 30 heavy (non-hydrogen) atoms. The minimum absolute atomic E-state index is 0.111. The lowest BCUT2D eigenvalue weighted by atomic mass is 9.78. The predicted octanol–water partition coefficient (Wildman–Crippen LogP) is 3.61. The maximum Gasteiger partial charge on any atom is 0.207 e. The fourth-order valence-corrected chi connectivity index (χ4v) is 3.45. The summed E-state index contributed by atoms with van der Waals surface area (Å²) < 4.78 is 40.8. The molecule has 5 nitrogen and oxygen atoms in total. The fraction of sp³-hybridized carbons (Fsp3) is 0.318. The highest BCUT2D eigenvalue weighted by Crippen LogP contribution is 2.45. The minimum atomic E-state index is -0.833. The van der Waals surface area contributed by atoms with Crippen LogP contribution in [0.4, 0.5) is 13.2 Å². The number of amides is 1. The van der Waals surface area contributed by atoms with Crippen molar-refractivity contribution < 1.29 is 28.2 Å². The highest BCUT2D eigenvalue weighted by Gasteiger charge is 2.27. The Morgan fingerprint density at radius 1 is 1.13 bits per heavy atom. The zero-order valence-electron chi connectivity index (χ0n) is 16.2. The number of H-pyrrole nitrogens is 1. The Bertz CT molecular complexity index is 1000. The summed E-state index contributed by atoms with van der Waals surface area (Å²) in [4.78, 5) is 12.6. The lowest BCUT2D eigenvalue weighted by Gasteiger charge is -2.26. The Kier molecular flexibility index (Phi) is 7.12. The molecule has 4 N–H and O–H groups in total. The van der Waals surface area contributed by atoms with E-state index >= 15 is 0 Å². The molecule has 4 rings (SSSR count). The number of aliphatic hydroxyl groups excluding tert-OH is 2. The van der Waals surface area contributed by atoms with Crippen molar-refractivity contribution in [2.24, 2.45) is 0 Å². The summed E-state index contributed by atoms with van der Waals surface area (Å²) in [7, 11) is 0. The first kappa shape index (κ1) is 21.9. The molecule has 0 radical (unpaired) electrons. The number of nitrogens with one attached hydrogen (secondary N) is 2. The minimum Gasteiger partial charge on any atom is -0.394 e. The first-order valence-electron chi connectivity index (χ1n) is 9.67. The molecular weight excluding hydrogens is 397 g/mol. The molecule has 0 spiro atoms. The average molecular weight is 420 g/mol. The number of fused-ring (bicyclic) bond motifs is 1. The van der Waals surface area contributed by atoms with Crippen molar-refractivity contribution in [2.45, 2.75) is 31.3 Å². The first-order chi connectivity index (χ1) is 14.4. The Morgan fingerprint density at radius 3 is 2.40 bits per heavy atom. The van der Waals surface area contributed by atoms with Gasteiger partial charge >= 0.3 is 0 Å². The number of hydrogen-bond donors (Lipinski definition) is 4. The Balaban J connectivity index is 0.000000275. The van der Waals surface area contributed by atoms with Crippen molar-refractivity contribution in [1.29, 1.82) is 0 Å². The van der Waals surface area contributed by atoms with Gasteiger partial charge in [0.1, 0.15) is 17.5 Å². The molecule has 1 amide bonds. The first-order valence-corrected chi connectivity index (χ1v) is 9.67. The summed E-state index contributed by atoms with van der Waals surface area (Å²) in [5.41, 5.74) is 2.83. The number of benzene rings is 2. The van der Waals surface area contributed by atoms with Crippen molar-refractivity contribution in [3.8, 4) is 11.3 Å². The van der Waals surface area contributed by atoms with Gasteiger partial charge in [-0.1, -0.05) is 6.42 Å². The molecule has 2 aromatic carbocycles. The zero-order chi connectivity index (χ0) is 21.7. The van der Waals surface area contributed by atoms with Crippen molar-refractivity contribution in [3.63, 3.8) is 0 Å². The molecule has 0 saturated heterocycles. The fourth-order valence-electron chi connectivity index (χ4n) is 3.45. The molecule has 1 fully saturated rings. The van der Waals surface area contributed by atoms with Crippen LogP contribution in [0.25, 0.3) is 22.2 Å². The number of hydrogen-bond acceptors (Lipinski definition) is 3. The Labute approximate surface area is 171 Å². The molecule has 0 aliphatic heterocycles. The Morgan fingerprint density at radius 2 is 1.83 bits per heavy atom. The Hall–Kier alpha value is -2.84. The summed E-state index contributed by atoms with van der Waals surface area (Å²) in [5.74, 6) is -1.18. The van der Waals surface area contributed by atoms with Gasteiger partial charge in [0, 0.05) is 18.0 Å². The van der Waals surface area contributed by atoms with Gasteiger partial charge in [-0.05, 0) is 60.2 Å². The molecule has 8 heteroatoms. The number of rotatable bonds is 6. The van der Waals surface area contributed by atoms with Crippen LogP contribution < -0.4 is 5.32 Å². The number of aromatic nitrogens is 1. The van der Waals surface area contributed by atoms with E-state index in [4.69, 9.17) is 10.2 Å². The highest BCUT2D eigenvalue weighted by molar-refractivity contribution is 5.92. The SMILES string of the molecule is Fc1ccc(-c2[nH]c3c(F)cc(F)cc3c2C2CCC2)cc1.O=CNCC(O)CO. The maximum atomic E-state index is 14.1. The second-order valence-electron chi connectivity index (χ2n) is 7.22. The van der Waals surface area contributed by atoms with E-state index in [1.807, 2.05) is 0 Å². The molecular formula is C22H23F3N2O3. The van der Waals surface area contributed by atoms with Crippen LogP contribution in [0.2, 0.25) is 0 Å². The van der Waals surface area contributed by atoms with Crippen LogP contribution >= 0.6 is 0 Å². The number of carbonyl (C=O) groups is 1. The molecule has 3 aromatic rings. The van der Waals surface area contributed by atoms with Gasteiger partial charge in [-0.2, -0.15) is 0 Å². The van der Waals surface area contributed by atoms with Gasteiger partial charge in [0.15, 0.2) is 0 Å². The molecule has 1 unspecified atom stereocenters. The van der Waals surface area contributed by atoms with Gasteiger partial charge in [0.2, 0.25) is 6.41 Å². The van der Waals surface area contributed by atoms with Crippen LogP contribution in [-0.2, 0) is 4.79 Å². The largest absolute Gasteiger partial charge is 0.394 e. The lowest BCUT2D eigenvalue weighted by molar-refractivity contribution is -0.110. The molecule has 1 heterocycles. The van der Waals surface area contributed by atoms with Gasteiger partial charge in [0.05, 0.1) is 23.9 Å². The van der Waals surface area contributed by atoms with E-state index in [0.29, 0.717) is 23.2 Å². The van der Waals surface area contributed by atoms with E-state index in [0.717, 1.165) is 42.1 Å². The van der Waals surface area contributed by atoms with Gasteiger partial charge in [-0.25, -0.2) is 13.2 Å². The van der Waals surface area contributed by atoms with Gasteiger partial charge < -0.3 is 20.5 Å². The zero-order valence-corrected chi connectivity index (χ0v) is 16.2. The third-order valence-corrected chi connectivity index (χ3v) is 5.16. The van der Waals surface area contributed by atoms with Crippen molar-refractivity contribution in [2.75, 3.05) is 13.2 Å². The number of carbonyl (C=O) groups excluding carboxylic acids is 1. The number of aliphatic hydroxyl groups is 2. The van der Waals surface area contributed by atoms with Gasteiger partial charge in [-0.3, -0.25) is 4.79 Å². The van der Waals surface area contributed by atoms with Crippen LogP contribution in [0.3, 0.4) is 0 Å². The summed E-state index contributed by atoms with van der Waals surface area (Å²) in [6.07, 6.45) is 2.79. The van der Waals surface area contributed by atoms with Gasteiger partial charge in [0.25, 0.3) is 0 Å². The second kappa shape index (κ2) is 9.77. The summed E-state index contributed by atoms with van der Waals surface area (Å²) >= 11 is 0. The van der Waals surface area contributed by atoms with Crippen LogP contribution in [0.15, 0.2) is 36.4 Å². The molecule has 1 aliphatic carbocycles. The maximum absolute atomic E-state index is 14.1. The van der Waals surface area contributed by atoms with Crippen molar-refractivity contribution in [3.05, 3.63) is 59.4 Å². The summed E-state index contributed by atoms with van der Waals surface area (Å²) in [5, 5.41) is 19.5. The van der Waals surface area contributed by atoms with E-state index < -0.39 is 17.7 Å². The molecule has 1 aromatic heterocycles. The van der Waals surface area contributed by atoms with Crippen molar-refractivity contribution in [1.82, 2.24) is 10.3 Å². The highest BCUT2D eigenvalue weighted by atomic mass is 19.1. The van der Waals surface area contributed by atoms with E-state index in [9.17, 15) is 18.0 Å². The molecule has 1 saturated carbocycles. The van der Waals surface area contributed by atoms with Gasteiger partial charge in [-0.15, -0.1) is 0 Å². The van der Waals surface area contributed by atoms with E-state index in [1.54, 1.807) is 12.1 Å². The van der Waals surface area contributed by atoms with E-state index in [1.165, 1.54) is 18.2 Å². The lowest BCUT2D eigenvalue weighted by Crippen LogP contribution is -2.28. The van der Waals surface area contributed by atoms with Crippen LogP contribution in [0.1, 0.15) is 30.7 Å². The summed E-state index contributed by atoms with van der Waals surface area (Å²) in [6.45, 7) is -0.208. The van der Waals surface area contributed by atoms with E-state index in [-0.39, 0.29) is 19.0 Å². The second-order valence-corrected chi connectivity index (χ2v) is 7.22. The topological polar surface area (TPSA) is 85.4 Å². The monoisotopic (exact) mass is 420 g/mol. The quantitative estimate of drug-likeness (QED) is 0.460. The molecule has 0 bridgehead atoms. The smallest absolute Gasteiger partial charge is 0.207 e. The predicted molar refractivity (Wildman–Crippen MR) is 107 cm³/mol. The van der Waals surface area contributed by atoms with Crippen LogP contribution in [0, 0.1) is 17.5 Å². The standard InChI is InChI=1S/C18H14F3N.C4H9NO3/c19-12-6-4-11(5-7-12)17-16(10-2-1-3-10)14-8-13(20)9-15(21)18(14)22-17;6-2-4(8)1-5-3-7/h4-10,22H,1-3H2;3-4,6,8H,1-2H2,(H,5,7). The van der Waals surface area contributed by atoms with Crippen LogP contribution in [0.5, 0.6) is 0 Å². The average Bonchev–Trinajstić information content (AvgIpc) is 3.05. The third-order valence-electron chi connectivity index (χ3n) is 5.16. The summed E-state index contributed by atoms with van der Waals surface area (Å²) in [6, 6.07) is 8.35. The van der Waals surface area contributed by atoms with Crippen LogP contribution in [-0.4, -0.2) is 40.9 Å². The molecule has 160 valence electrons. The number of aromatic amines is 1. The molecule has 1 atom stereocenters. The van der Waals surface area contributed by atoms with Crippen molar-refractivity contribution >= 4 is 17.3 Å². The third kappa shape index (κ3) is 4.83. The van der Waals surface area contributed by atoms with E-state index in [2.05, 4.69) is 10.3 Å². The normalized spacial score (nSPS) is 14.6. The molecule has 1 aliphatic rings.